The number of rotatable bonds is 6. The molecule has 2 heterocycles. The number of hydrogen-bond acceptors (Lipinski definition) is 10. The predicted molar refractivity (Wildman–Crippen MR) is 109 cm³/mol. The fourth-order valence-electron chi connectivity index (χ4n) is 3.47. The molecule has 1 fully saturated rings. The van der Waals surface area contributed by atoms with Gasteiger partial charge in [0.25, 0.3) is 0 Å². The molecule has 1 saturated heterocycles. The van der Waals surface area contributed by atoms with Crippen LogP contribution in [-0.2, 0) is 33.3 Å². The fourth-order valence-corrected chi connectivity index (χ4v) is 3.47. The molecule has 0 saturated carbocycles. The van der Waals surface area contributed by atoms with Gasteiger partial charge in [0, 0.05) is 44.7 Å². The highest BCUT2D eigenvalue weighted by atomic mass is 16.7. The molecule has 1 aliphatic rings. The standard InChI is InChI=1S/C22H24O10/c1-11-7-20(26)32-18-8-15(5-6-17(11)18)30-22-21(29-14(4)25)19(28-13(3)24)9-16(31-22)10-27-12(2)23/h5-8,16,19,21-22H,9-10H2,1-4H3/t16-,19-,21+,22+/m0/s1. The molecule has 0 N–H and O–H groups in total. The van der Waals surface area contributed by atoms with Crippen LogP contribution in [0.3, 0.4) is 0 Å². The minimum absolute atomic E-state index is 0.106. The van der Waals surface area contributed by atoms with Gasteiger partial charge in [0.15, 0.2) is 0 Å². The number of ether oxygens (including phenoxy) is 5. The van der Waals surface area contributed by atoms with Gasteiger partial charge in [0.05, 0.1) is 6.10 Å². The van der Waals surface area contributed by atoms with E-state index >= 15 is 0 Å². The van der Waals surface area contributed by atoms with Crippen LogP contribution in [0.1, 0.15) is 32.8 Å². The molecule has 1 aliphatic heterocycles. The molecule has 32 heavy (non-hydrogen) atoms. The van der Waals surface area contributed by atoms with Crippen LogP contribution in [-0.4, -0.2) is 49.1 Å². The molecule has 1 aromatic carbocycles. The zero-order valence-corrected chi connectivity index (χ0v) is 18.1. The summed E-state index contributed by atoms with van der Waals surface area (Å²) in [6.07, 6.45) is -3.72. The SMILES string of the molecule is CC(=O)OC[C@@H]1C[C@H](OC(C)=O)[C@@H](OC(C)=O)[C@H](Oc2ccc3c(C)cc(=O)oc3c2)O1. The van der Waals surface area contributed by atoms with Crippen molar-refractivity contribution < 1.29 is 42.5 Å². The third-order valence-electron chi connectivity index (χ3n) is 4.72. The first-order valence-electron chi connectivity index (χ1n) is 9.97. The summed E-state index contributed by atoms with van der Waals surface area (Å²) in [6.45, 7) is 5.37. The molecule has 10 heteroatoms. The van der Waals surface area contributed by atoms with Crippen LogP contribution in [0.15, 0.2) is 33.5 Å². The van der Waals surface area contributed by atoms with E-state index < -0.39 is 48.1 Å². The second-order valence-corrected chi connectivity index (χ2v) is 7.41. The third kappa shape index (κ3) is 5.85. The summed E-state index contributed by atoms with van der Waals surface area (Å²) in [7, 11) is 0. The van der Waals surface area contributed by atoms with Crippen LogP contribution in [0, 0.1) is 6.92 Å². The van der Waals surface area contributed by atoms with Gasteiger partial charge < -0.3 is 28.1 Å². The first-order chi connectivity index (χ1) is 15.1. The molecule has 0 unspecified atom stereocenters. The lowest BCUT2D eigenvalue weighted by Crippen LogP contribution is -2.55. The molecule has 2 aromatic rings. The molecule has 0 aliphatic carbocycles. The number of esters is 3. The topological polar surface area (TPSA) is 128 Å². The van der Waals surface area contributed by atoms with Crippen LogP contribution in [0.2, 0.25) is 0 Å². The summed E-state index contributed by atoms with van der Waals surface area (Å²) in [5.74, 6) is -1.44. The van der Waals surface area contributed by atoms with E-state index in [-0.39, 0.29) is 18.8 Å². The molecule has 10 nitrogen and oxygen atoms in total. The summed E-state index contributed by atoms with van der Waals surface area (Å²) >= 11 is 0. The van der Waals surface area contributed by atoms with Gasteiger partial charge in [-0.2, -0.15) is 0 Å². The van der Waals surface area contributed by atoms with E-state index in [1.807, 2.05) is 0 Å². The maximum atomic E-state index is 11.7. The van der Waals surface area contributed by atoms with E-state index in [1.165, 1.54) is 32.9 Å². The van der Waals surface area contributed by atoms with E-state index in [9.17, 15) is 19.2 Å². The van der Waals surface area contributed by atoms with E-state index in [2.05, 4.69) is 0 Å². The van der Waals surface area contributed by atoms with Crippen molar-refractivity contribution in [3.05, 3.63) is 40.2 Å². The minimum atomic E-state index is -1.19. The molecule has 0 radical (unpaired) electrons. The van der Waals surface area contributed by atoms with Crippen LogP contribution in [0.4, 0.5) is 0 Å². The van der Waals surface area contributed by atoms with Crippen LogP contribution in [0.5, 0.6) is 5.75 Å². The Morgan fingerprint density at radius 3 is 2.41 bits per heavy atom. The van der Waals surface area contributed by atoms with Crippen molar-refractivity contribution in [3.63, 3.8) is 0 Å². The number of fused-ring (bicyclic) bond motifs is 1. The molecule has 4 atom stereocenters. The lowest BCUT2D eigenvalue weighted by atomic mass is 10.0. The number of carbonyl (C=O) groups is 3. The van der Waals surface area contributed by atoms with Crippen molar-refractivity contribution in [1.82, 2.24) is 0 Å². The molecule has 0 amide bonds. The summed E-state index contributed by atoms with van der Waals surface area (Å²) in [5.41, 5.74) is 0.543. The summed E-state index contributed by atoms with van der Waals surface area (Å²) < 4.78 is 32.7. The van der Waals surface area contributed by atoms with Gasteiger partial charge >= 0.3 is 23.5 Å². The van der Waals surface area contributed by atoms with Gasteiger partial charge in [-0.05, 0) is 24.6 Å². The Bertz CT molecular complexity index is 1070. The smallest absolute Gasteiger partial charge is 0.336 e. The van der Waals surface area contributed by atoms with E-state index in [1.54, 1.807) is 19.1 Å². The molecular formula is C22H24O10. The summed E-state index contributed by atoms with van der Waals surface area (Å²) in [6, 6.07) is 6.24. The molecular weight excluding hydrogens is 424 g/mol. The second kappa shape index (κ2) is 9.82. The maximum Gasteiger partial charge on any atom is 0.336 e. The van der Waals surface area contributed by atoms with Crippen molar-refractivity contribution in [1.29, 1.82) is 0 Å². The van der Waals surface area contributed by atoms with Gasteiger partial charge in [0.1, 0.15) is 24.0 Å². The third-order valence-corrected chi connectivity index (χ3v) is 4.72. The molecule has 3 rings (SSSR count). The quantitative estimate of drug-likeness (QED) is 0.368. The average Bonchev–Trinajstić information content (AvgIpc) is 2.67. The van der Waals surface area contributed by atoms with Gasteiger partial charge in [-0.1, -0.05) is 0 Å². The monoisotopic (exact) mass is 448 g/mol. The zero-order chi connectivity index (χ0) is 23.4. The normalized spacial score (nSPS) is 22.8. The number of benzene rings is 1. The second-order valence-electron chi connectivity index (χ2n) is 7.41. The Labute approximate surface area is 183 Å². The number of hydrogen-bond donors (Lipinski definition) is 0. The largest absolute Gasteiger partial charge is 0.463 e. The first-order valence-corrected chi connectivity index (χ1v) is 9.97. The van der Waals surface area contributed by atoms with Crippen LogP contribution < -0.4 is 10.4 Å². The Morgan fingerprint density at radius 1 is 1.03 bits per heavy atom. The highest BCUT2D eigenvalue weighted by Crippen LogP contribution is 2.30. The van der Waals surface area contributed by atoms with Crippen molar-refractivity contribution in [2.75, 3.05) is 6.61 Å². The Morgan fingerprint density at radius 2 is 1.75 bits per heavy atom. The zero-order valence-electron chi connectivity index (χ0n) is 18.1. The van der Waals surface area contributed by atoms with Gasteiger partial charge in [0.2, 0.25) is 12.4 Å². The van der Waals surface area contributed by atoms with Gasteiger partial charge in [-0.15, -0.1) is 0 Å². The molecule has 172 valence electrons. The van der Waals surface area contributed by atoms with E-state index in [4.69, 9.17) is 28.1 Å². The number of aryl methyl sites for hydroxylation is 1. The molecule has 0 spiro atoms. The fraction of sp³-hybridized carbons (Fsp3) is 0.455. The molecule has 1 aromatic heterocycles. The summed E-state index contributed by atoms with van der Waals surface area (Å²) in [4.78, 5) is 46.2. The Kier molecular flexibility index (Phi) is 7.14. The van der Waals surface area contributed by atoms with Gasteiger partial charge in [-0.3, -0.25) is 14.4 Å². The van der Waals surface area contributed by atoms with Crippen molar-refractivity contribution >= 4 is 28.9 Å². The lowest BCUT2D eigenvalue weighted by molar-refractivity contribution is -0.254. The highest BCUT2D eigenvalue weighted by Gasteiger charge is 2.45. The Hall–Kier alpha value is -3.40. The van der Waals surface area contributed by atoms with Crippen LogP contribution >= 0.6 is 0 Å². The Balaban J connectivity index is 1.91. The first kappa shape index (κ1) is 23.3. The molecule has 0 bridgehead atoms. The lowest BCUT2D eigenvalue weighted by Gasteiger charge is -2.39. The van der Waals surface area contributed by atoms with E-state index in [0.717, 1.165) is 10.9 Å². The van der Waals surface area contributed by atoms with Crippen molar-refractivity contribution in [2.45, 2.75) is 58.7 Å². The van der Waals surface area contributed by atoms with Crippen molar-refractivity contribution in [3.8, 4) is 5.75 Å². The van der Waals surface area contributed by atoms with Crippen molar-refractivity contribution in [2.24, 2.45) is 0 Å². The van der Waals surface area contributed by atoms with E-state index in [0.29, 0.717) is 5.58 Å². The predicted octanol–water partition coefficient (Wildman–Crippen LogP) is 2.02. The highest BCUT2D eigenvalue weighted by molar-refractivity contribution is 5.81. The minimum Gasteiger partial charge on any atom is -0.463 e. The van der Waals surface area contributed by atoms with Gasteiger partial charge in [-0.25, -0.2) is 4.79 Å². The average molecular weight is 448 g/mol. The summed E-state index contributed by atoms with van der Waals surface area (Å²) in [5, 5.41) is 0.726. The number of carbonyl (C=O) groups excluding carboxylic acids is 3. The maximum absolute atomic E-state index is 11.7. The van der Waals surface area contributed by atoms with Crippen LogP contribution in [0.25, 0.3) is 11.0 Å².